The summed E-state index contributed by atoms with van der Waals surface area (Å²) in [6.45, 7) is 1.75. The maximum absolute atomic E-state index is 12.6. The molecule has 0 spiro atoms. The minimum absolute atomic E-state index is 0.134. The van der Waals surface area contributed by atoms with Gasteiger partial charge in [-0.3, -0.25) is 14.3 Å². The zero-order valence-corrected chi connectivity index (χ0v) is 15.8. The lowest BCUT2D eigenvalue weighted by Gasteiger charge is -2.05. The third-order valence-corrected chi connectivity index (χ3v) is 4.05. The average molecular weight is 414 g/mol. The Kier molecular flexibility index (Phi) is 6.10. The number of halogens is 3. The second kappa shape index (κ2) is 8.73. The highest BCUT2D eigenvalue weighted by molar-refractivity contribution is 6.01. The van der Waals surface area contributed by atoms with Crippen LogP contribution >= 0.6 is 0 Å². The Morgan fingerprint density at radius 3 is 2.50 bits per heavy atom. The van der Waals surface area contributed by atoms with Crippen molar-refractivity contribution >= 4 is 23.6 Å². The fraction of sp³-hybridized carbons (Fsp3) is 0.143. The number of rotatable bonds is 6. The largest absolute Gasteiger partial charge is 0.416 e. The van der Waals surface area contributed by atoms with E-state index in [-0.39, 0.29) is 5.78 Å². The van der Waals surface area contributed by atoms with E-state index in [0.717, 1.165) is 12.1 Å². The van der Waals surface area contributed by atoms with Gasteiger partial charge in [0, 0.05) is 25.3 Å². The molecular formula is C21H17F3N4O2. The summed E-state index contributed by atoms with van der Waals surface area (Å²) in [5.74, 6) is -0.304. The van der Waals surface area contributed by atoms with Gasteiger partial charge < -0.3 is 5.32 Å². The van der Waals surface area contributed by atoms with Gasteiger partial charge in [-0.1, -0.05) is 18.2 Å². The summed E-state index contributed by atoms with van der Waals surface area (Å²) >= 11 is 0. The summed E-state index contributed by atoms with van der Waals surface area (Å²) in [6, 6.07) is 11.2. The van der Waals surface area contributed by atoms with Crippen LogP contribution in [0.4, 0.5) is 19.0 Å². The minimum atomic E-state index is -4.40. The molecule has 1 N–H and O–H groups in total. The first kappa shape index (κ1) is 21.0. The maximum Gasteiger partial charge on any atom is 0.416 e. The van der Waals surface area contributed by atoms with Gasteiger partial charge in [-0.15, -0.1) is 0 Å². The average Bonchev–Trinajstić information content (AvgIpc) is 3.13. The molecule has 0 radical (unpaired) electrons. The fourth-order valence-corrected chi connectivity index (χ4v) is 2.57. The number of hydrogen-bond donors (Lipinski definition) is 1. The van der Waals surface area contributed by atoms with Crippen LogP contribution in [0.25, 0.3) is 6.08 Å². The Morgan fingerprint density at radius 2 is 1.83 bits per heavy atom. The van der Waals surface area contributed by atoms with Crippen molar-refractivity contribution in [3.05, 3.63) is 83.3 Å². The van der Waals surface area contributed by atoms with Crippen LogP contribution < -0.4 is 5.32 Å². The molecule has 0 atom stereocenters. The molecule has 1 amide bonds. The first-order chi connectivity index (χ1) is 14.2. The number of anilines is 1. The number of benzene rings is 1. The number of Topliss-reactive ketones (excluding diaryl/α,β-unsaturated/α-hetero) is 1. The number of amides is 1. The predicted octanol–water partition coefficient (Wildman–Crippen LogP) is 4.20. The molecule has 2 aromatic heterocycles. The van der Waals surface area contributed by atoms with Crippen molar-refractivity contribution in [2.45, 2.75) is 19.6 Å². The van der Waals surface area contributed by atoms with Gasteiger partial charge >= 0.3 is 6.18 Å². The van der Waals surface area contributed by atoms with Crippen LogP contribution in [0.3, 0.4) is 0 Å². The highest BCUT2D eigenvalue weighted by Crippen LogP contribution is 2.29. The summed E-state index contributed by atoms with van der Waals surface area (Å²) in [6.07, 6.45) is -0.137. The Labute approximate surface area is 170 Å². The van der Waals surface area contributed by atoms with Crippen molar-refractivity contribution in [2.75, 3.05) is 5.32 Å². The zero-order chi connectivity index (χ0) is 21.7. The van der Waals surface area contributed by atoms with Crippen molar-refractivity contribution in [1.29, 1.82) is 0 Å². The molecule has 1 aromatic carbocycles. The first-order valence-electron chi connectivity index (χ1n) is 8.87. The number of nitrogens with zero attached hydrogens (tertiary/aromatic N) is 3. The van der Waals surface area contributed by atoms with Crippen LogP contribution in [0.1, 0.15) is 34.2 Å². The van der Waals surface area contributed by atoms with E-state index in [2.05, 4.69) is 15.4 Å². The van der Waals surface area contributed by atoms with E-state index in [1.54, 1.807) is 35.1 Å². The third kappa shape index (κ3) is 5.63. The van der Waals surface area contributed by atoms with Gasteiger partial charge in [-0.25, -0.2) is 4.98 Å². The van der Waals surface area contributed by atoms with Crippen LogP contribution in [0, 0.1) is 0 Å². The second-order valence-corrected chi connectivity index (χ2v) is 6.41. The first-order valence-corrected chi connectivity index (χ1v) is 8.87. The van der Waals surface area contributed by atoms with E-state index < -0.39 is 17.6 Å². The molecule has 3 rings (SSSR count). The number of pyridine rings is 1. The van der Waals surface area contributed by atoms with Crippen molar-refractivity contribution in [3.63, 3.8) is 0 Å². The molecule has 3 aromatic rings. The van der Waals surface area contributed by atoms with Crippen molar-refractivity contribution in [3.8, 4) is 0 Å². The topological polar surface area (TPSA) is 76.9 Å². The number of aromatic nitrogens is 3. The maximum atomic E-state index is 12.6. The molecule has 0 aliphatic carbocycles. The van der Waals surface area contributed by atoms with Crippen LogP contribution in [0.15, 0.2) is 60.8 Å². The molecular weight excluding hydrogens is 397 g/mol. The monoisotopic (exact) mass is 414 g/mol. The molecule has 9 heteroatoms. The van der Waals surface area contributed by atoms with Crippen LogP contribution in [0.2, 0.25) is 0 Å². The van der Waals surface area contributed by atoms with Gasteiger partial charge in [0.05, 0.1) is 17.8 Å². The molecule has 0 saturated carbocycles. The number of alkyl halides is 3. The highest BCUT2D eigenvalue weighted by Gasteiger charge is 2.29. The Balaban J connectivity index is 1.59. The van der Waals surface area contributed by atoms with Crippen LogP contribution in [0.5, 0.6) is 0 Å². The lowest BCUT2D eigenvalue weighted by Crippen LogP contribution is -2.10. The number of carbonyl (C=O) groups excluding carboxylic acids is 2. The molecule has 30 heavy (non-hydrogen) atoms. The number of ketones is 1. The summed E-state index contributed by atoms with van der Waals surface area (Å²) in [5, 5.41) is 6.79. The Bertz CT molecular complexity index is 1090. The van der Waals surface area contributed by atoms with E-state index in [1.165, 1.54) is 31.2 Å². The Hall–Kier alpha value is -3.75. The standard InChI is InChI=1S/C21H17F3N4O2/c1-14(29)18-4-2-3-17(25-18)13-28-12-11-19(27-28)26-20(30)10-7-15-5-8-16(9-6-15)21(22,23)24/h2-12H,13H2,1H3,(H,26,27,30)/b10-7+. The van der Waals surface area contributed by atoms with Crippen molar-refractivity contribution < 1.29 is 22.8 Å². The van der Waals surface area contributed by atoms with Gasteiger partial charge in [0.25, 0.3) is 0 Å². The van der Waals surface area contributed by atoms with Gasteiger partial charge in [0.1, 0.15) is 5.69 Å². The SMILES string of the molecule is CC(=O)c1cccc(Cn2ccc(NC(=O)/C=C/c3ccc(C(F)(F)F)cc3)n2)n1. The van der Waals surface area contributed by atoms with E-state index in [1.807, 2.05) is 0 Å². The number of carbonyl (C=O) groups is 2. The summed E-state index contributed by atoms with van der Waals surface area (Å²) in [5.41, 5.74) is 0.713. The molecule has 2 heterocycles. The normalized spacial score (nSPS) is 11.6. The van der Waals surface area contributed by atoms with E-state index in [0.29, 0.717) is 29.3 Å². The highest BCUT2D eigenvalue weighted by atomic mass is 19.4. The number of hydrogen-bond acceptors (Lipinski definition) is 4. The molecule has 0 bridgehead atoms. The molecule has 154 valence electrons. The molecule has 0 saturated heterocycles. The molecule has 6 nitrogen and oxygen atoms in total. The van der Waals surface area contributed by atoms with Crippen molar-refractivity contribution in [1.82, 2.24) is 14.8 Å². The lowest BCUT2D eigenvalue weighted by molar-refractivity contribution is -0.137. The van der Waals surface area contributed by atoms with Crippen molar-refractivity contribution in [2.24, 2.45) is 0 Å². The quantitative estimate of drug-likeness (QED) is 0.485. The second-order valence-electron chi connectivity index (χ2n) is 6.41. The zero-order valence-electron chi connectivity index (χ0n) is 15.8. The lowest BCUT2D eigenvalue weighted by atomic mass is 10.1. The molecule has 0 aliphatic heterocycles. The molecule has 0 unspecified atom stereocenters. The van der Waals surface area contributed by atoms with E-state index >= 15 is 0 Å². The molecule has 0 fully saturated rings. The van der Waals surface area contributed by atoms with Crippen LogP contribution in [-0.4, -0.2) is 26.5 Å². The van der Waals surface area contributed by atoms with Gasteiger partial charge in [0.2, 0.25) is 5.91 Å². The fourth-order valence-electron chi connectivity index (χ4n) is 2.57. The van der Waals surface area contributed by atoms with Gasteiger partial charge in [-0.05, 0) is 35.9 Å². The van der Waals surface area contributed by atoms with Gasteiger partial charge in [0.15, 0.2) is 11.6 Å². The predicted molar refractivity (Wildman–Crippen MR) is 105 cm³/mol. The van der Waals surface area contributed by atoms with E-state index in [4.69, 9.17) is 0 Å². The smallest absolute Gasteiger partial charge is 0.306 e. The Morgan fingerprint density at radius 1 is 1.10 bits per heavy atom. The van der Waals surface area contributed by atoms with E-state index in [9.17, 15) is 22.8 Å². The summed E-state index contributed by atoms with van der Waals surface area (Å²) < 4.78 is 39.2. The summed E-state index contributed by atoms with van der Waals surface area (Å²) in [7, 11) is 0. The minimum Gasteiger partial charge on any atom is -0.306 e. The number of nitrogens with one attached hydrogen (secondary N) is 1. The molecule has 0 aliphatic rings. The van der Waals surface area contributed by atoms with Crippen LogP contribution in [-0.2, 0) is 17.5 Å². The van der Waals surface area contributed by atoms with Gasteiger partial charge in [-0.2, -0.15) is 18.3 Å². The summed E-state index contributed by atoms with van der Waals surface area (Å²) in [4.78, 5) is 27.7. The third-order valence-electron chi connectivity index (χ3n) is 4.05.